The fourth-order valence-electron chi connectivity index (χ4n) is 4.48. The lowest BCUT2D eigenvalue weighted by Gasteiger charge is -2.32. The van der Waals surface area contributed by atoms with Gasteiger partial charge in [-0.05, 0) is 50.8 Å². The molecule has 6 nitrogen and oxygen atoms in total. The Kier molecular flexibility index (Phi) is 5.79. The van der Waals surface area contributed by atoms with Crippen molar-refractivity contribution >= 4 is 33.0 Å². The number of rotatable bonds is 6. The van der Waals surface area contributed by atoms with Crippen molar-refractivity contribution in [2.45, 2.75) is 57.3 Å². The molecule has 1 fully saturated rings. The van der Waals surface area contributed by atoms with Gasteiger partial charge in [0, 0.05) is 23.8 Å². The predicted molar refractivity (Wildman–Crippen MR) is 122 cm³/mol. The van der Waals surface area contributed by atoms with Gasteiger partial charge in [0.1, 0.15) is 23.4 Å². The topological polar surface area (TPSA) is 74.5 Å². The number of imidazole rings is 1. The summed E-state index contributed by atoms with van der Waals surface area (Å²) < 4.78 is 28.8. The fraction of sp³-hybridized carbons (Fsp3) is 0.391. The van der Waals surface area contributed by atoms with E-state index < -0.39 is 12.7 Å². The fourth-order valence-corrected chi connectivity index (χ4v) is 5.43. The Morgan fingerprint density at radius 1 is 1.06 bits per heavy atom. The van der Waals surface area contributed by atoms with Crippen LogP contribution in [0.25, 0.3) is 15.9 Å². The van der Waals surface area contributed by atoms with Gasteiger partial charge >= 0.3 is 0 Å². The van der Waals surface area contributed by atoms with Crippen LogP contribution in [0.15, 0.2) is 42.6 Å². The van der Waals surface area contributed by atoms with Crippen molar-refractivity contribution < 1.29 is 13.9 Å². The highest BCUT2D eigenvalue weighted by atomic mass is 32.1. The van der Waals surface area contributed by atoms with Gasteiger partial charge in [-0.25, -0.2) is 18.7 Å². The Balaban J connectivity index is 1.21. The number of benzene rings is 1. The molecule has 1 aromatic carbocycles. The molecule has 168 valence electrons. The number of hydrogen-bond donors (Lipinski definition) is 3. The summed E-state index contributed by atoms with van der Waals surface area (Å²) in [5, 5.41) is 18.7. The van der Waals surface area contributed by atoms with Crippen LogP contribution in [0, 0.1) is 6.92 Å². The number of pyridine rings is 1. The maximum atomic E-state index is 13.0. The van der Waals surface area contributed by atoms with E-state index in [9.17, 15) is 13.9 Å². The number of aryl methyl sites for hydroxylation is 1. The molecule has 0 bridgehead atoms. The van der Waals surface area contributed by atoms with Gasteiger partial charge in [0.2, 0.25) is 0 Å². The van der Waals surface area contributed by atoms with Gasteiger partial charge in [-0.1, -0.05) is 18.2 Å². The van der Waals surface area contributed by atoms with Crippen molar-refractivity contribution in [3.63, 3.8) is 0 Å². The highest BCUT2D eigenvalue weighted by Crippen LogP contribution is 2.30. The Morgan fingerprint density at radius 3 is 2.59 bits per heavy atom. The molecule has 0 saturated heterocycles. The first-order valence-corrected chi connectivity index (χ1v) is 11.6. The average Bonchev–Trinajstić information content (AvgIpc) is 3.38. The smallest absolute Gasteiger partial charge is 0.281 e. The van der Waals surface area contributed by atoms with E-state index in [1.165, 1.54) is 6.20 Å². The lowest BCUT2D eigenvalue weighted by Crippen LogP contribution is -2.39. The van der Waals surface area contributed by atoms with E-state index in [1.54, 1.807) is 21.8 Å². The van der Waals surface area contributed by atoms with E-state index in [-0.39, 0.29) is 17.8 Å². The molecule has 32 heavy (non-hydrogen) atoms. The number of aliphatic hydroxyl groups excluding tert-OH is 1. The SMILES string of the molecule is Cc1nc2cccc(C(O)N[C@H]3CC[C@@H](Nc4cccc5nc(C(F)F)cn45)CC3)c2s1. The summed E-state index contributed by atoms with van der Waals surface area (Å²) in [6, 6.07) is 11.7. The van der Waals surface area contributed by atoms with Gasteiger partial charge in [-0.2, -0.15) is 0 Å². The molecule has 0 radical (unpaired) electrons. The van der Waals surface area contributed by atoms with Crippen molar-refractivity contribution in [1.82, 2.24) is 19.7 Å². The number of aliphatic hydroxyl groups is 1. The molecule has 1 aliphatic carbocycles. The Morgan fingerprint density at radius 2 is 1.81 bits per heavy atom. The van der Waals surface area contributed by atoms with Crippen molar-refractivity contribution in [2.75, 3.05) is 5.32 Å². The van der Waals surface area contributed by atoms with E-state index in [0.717, 1.165) is 52.3 Å². The van der Waals surface area contributed by atoms with Gasteiger partial charge in [-0.3, -0.25) is 9.72 Å². The minimum absolute atomic E-state index is 0.210. The Labute approximate surface area is 188 Å². The molecule has 0 amide bonds. The van der Waals surface area contributed by atoms with Gasteiger partial charge in [0.05, 0.1) is 15.2 Å². The quantitative estimate of drug-likeness (QED) is 0.347. The molecule has 5 rings (SSSR count). The Bertz CT molecular complexity index is 1230. The third kappa shape index (κ3) is 4.20. The van der Waals surface area contributed by atoms with Gasteiger partial charge in [0.25, 0.3) is 6.43 Å². The lowest BCUT2D eigenvalue weighted by molar-refractivity contribution is 0.114. The first-order chi connectivity index (χ1) is 15.5. The number of hydrogen-bond acceptors (Lipinski definition) is 6. The van der Waals surface area contributed by atoms with Crippen LogP contribution in [-0.2, 0) is 0 Å². The normalized spacial score (nSPS) is 20.3. The van der Waals surface area contributed by atoms with E-state index in [0.29, 0.717) is 5.65 Å². The highest BCUT2D eigenvalue weighted by Gasteiger charge is 2.25. The highest BCUT2D eigenvalue weighted by molar-refractivity contribution is 7.18. The van der Waals surface area contributed by atoms with Gasteiger partial charge in [-0.15, -0.1) is 11.3 Å². The van der Waals surface area contributed by atoms with Crippen LogP contribution in [0.5, 0.6) is 0 Å². The first kappa shape index (κ1) is 21.2. The molecule has 1 unspecified atom stereocenters. The van der Waals surface area contributed by atoms with E-state index in [4.69, 9.17) is 0 Å². The number of halogens is 2. The molecule has 4 aromatic rings. The number of nitrogens with one attached hydrogen (secondary N) is 2. The molecule has 1 atom stereocenters. The second kappa shape index (κ2) is 8.73. The number of alkyl halides is 2. The minimum atomic E-state index is -2.59. The summed E-state index contributed by atoms with van der Waals surface area (Å²) in [4.78, 5) is 8.50. The predicted octanol–water partition coefficient (Wildman–Crippen LogP) is 5.19. The lowest BCUT2D eigenvalue weighted by atomic mass is 9.91. The van der Waals surface area contributed by atoms with Gasteiger partial charge in [0.15, 0.2) is 0 Å². The molecule has 1 aliphatic rings. The zero-order valence-electron chi connectivity index (χ0n) is 17.6. The minimum Gasteiger partial charge on any atom is -0.374 e. The van der Waals surface area contributed by atoms with Crippen LogP contribution in [0.1, 0.15) is 54.6 Å². The van der Waals surface area contributed by atoms with Crippen LogP contribution < -0.4 is 10.6 Å². The van der Waals surface area contributed by atoms with Gasteiger partial charge < -0.3 is 10.4 Å². The van der Waals surface area contributed by atoms with Crippen LogP contribution in [0.4, 0.5) is 14.6 Å². The molecular weight excluding hydrogens is 432 g/mol. The largest absolute Gasteiger partial charge is 0.374 e. The molecule has 3 heterocycles. The van der Waals surface area contributed by atoms with Crippen LogP contribution in [0.2, 0.25) is 0 Å². The number of thiazole rings is 1. The monoisotopic (exact) mass is 457 g/mol. The third-order valence-electron chi connectivity index (χ3n) is 6.05. The number of aromatic nitrogens is 3. The molecule has 1 saturated carbocycles. The third-order valence-corrected chi connectivity index (χ3v) is 7.09. The standard InChI is InChI=1S/C23H25F2N5OS/c1-13-26-17-5-2-4-16(21(17)32-13)23(31)28-15-10-8-14(9-11-15)27-19-6-3-7-20-29-18(22(24)25)12-30(19)20/h2-7,12,14-15,22-23,27-28,31H,8-11H2,1H3/t14-,15+,23?. The van der Waals surface area contributed by atoms with Crippen molar-refractivity contribution in [1.29, 1.82) is 0 Å². The number of fused-ring (bicyclic) bond motifs is 2. The molecule has 0 aliphatic heterocycles. The van der Waals surface area contributed by atoms with E-state index in [2.05, 4.69) is 20.6 Å². The zero-order valence-corrected chi connectivity index (χ0v) is 18.4. The van der Waals surface area contributed by atoms with Crippen molar-refractivity contribution in [3.05, 3.63) is 58.9 Å². The van der Waals surface area contributed by atoms with Crippen molar-refractivity contribution in [2.24, 2.45) is 0 Å². The summed E-state index contributed by atoms with van der Waals surface area (Å²) in [5.41, 5.74) is 2.08. The van der Waals surface area contributed by atoms with Crippen molar-refractivity contribution in [3.8, 4) is 0 Å². The number of nitrogens with zero attached hydrogens (tertiary/aromatic N) is 3. The van der Waals surface area contributed by atoms with Crippen LogP contribution in [-0.4, -0.2) is 31.6 Å². The molecule has 3 aromatic heterocycles. The van der Waals surface area contributed by atoms with E-state index >= 15 is 0 Å². The average molecular weight is 458 g/mol. The Hall–Kier alpha value is -2.62. The summed E-state index contributed by atoms with van der Waals surface area (Å²) in [5.74, 6) is 0.769. The maximum absolute atomic E-state index is 13.0. The zero-order chi connectivity index (χ0) is 22.2. The van der Waals surface area contributed by atoms with E-state index in [1.807, 2.05) is 37.3 Å². The molecule has 3 N–H and O–H groups in total. The summed E-state index contributed by atoms with van der Waals surface area (Å²) in [6.07, 6.45) is 1.73. The van der Waals surface area contributed by atoms with Crippen LogP contribution in [0.3, 0.4) is 0 Å². The summed E-state index contributed by atoms with van der Waals surface area (Å²) in [7, 11) is 0. The maximum Gasteiger partial charge on any atom is 0.281 e. The molecular formula is C23H25F2N5OS. The second-order valence-corrected chi connectivity index (χ2v) is 9.50. The van der Waals surface area contributed by atoms with Crippen LogP contribution >= 0.6 is 11.3 Å². The second-order valence-electron chi connectivity index (χ2n) is 8.30. The molecule has 9 heteroatoms. The summed E-state index contributed by atoms with van der Waals surface area (Å²) in [6.45, 7) is 1.97. The first-order valence-electron chi connectivity index (χ1n) is 10.8. The number of anilines is 1. The summed E-state index contributed by atoms with van der Waals surface area (Å²) >= 11 is 1.60. The molecule has 0 spiro atoms.